The maximum Gasteiger partial charge on any atom is 0.573 e. The van der Waals surface area contributed by atoms with Crippen molar-refractivity contribution in [1.29, 1.82) is 0 Å². The van der Waals surface area contributed by atoms with Gasteiger partial charge < -0.3 is 44.0 Å². The number of primary amides is 1. The van der Waals surface area contributed by atoms with Crippen LogP contribution in [0.1, 0.15) is 35.3 Å². The van der Waals surface area contributed by atoms with Gasteiger partial charge in [-0.1, -0.05) is 30.3 Å². The summed E-state index contributed by atoms with van der Waals surface area (Å²) in [7, 11) is 1.35. The molecule has 0 saturated carbocycles. The zero-order valence-corrected chi connectivity index (χ0v) is 26.6. The summed E-state index contributed by atoms with van der Waals surface area (Å²) in [6.07, 6.45) is -11.6. The van der Waals surface area contributed by atoms with Gasteiger partial charge in [0.15, 0.2) is 18.0 Å². The highest BCUT2D eigenvalue weighted by Gasteiger charge is 2.53. The highest BCUT2D eigenvalue weighted by atomic mass is 19.4. The third kappa shape index (κ3) is 7.48. The van der Waals surface area contributed by atoms with Gasteiger partial charge in [0.1, 0.15) is 28.9 Å². The highest BCUT2D eigenvalue weighted by molar-refractivity contribution is 6.00. The number of rotatable bonds is 9. The molecule has 1 aliphatic rings. The van der Waals surface area contributed by atoms with Gasteiger partial charge in [-0.3, -0.25) is 4.79 Å². The van der Waals surface area contributed by atoms with Crippen LogP contribution < -0.4 is 20.8 Å². The smallest absolute Gasteiger partial charge is 0.507 e. The number of hydrogen-bond acceptors (Lipinski definition) is 11. The average molecular weight is 688 g/mol. The predicted octanol–water partition coefficient (Wildman–Crippen LogP) is 5.15. The van der Waals surface area contributed by atoms with Crippen molar-refractivity contribution >= 4 is 22.8 Å². The fraction of sp³-hybridized carbons (Fsp3) is 0.324. The molecule has 0 unspecified atom stereocenters. The van der Waals surface area contributed by atoms with E-state index in [1.165, 1.54) is 50.4 Å². The molecule has 0 radical (unpaired) electrons. The normalized spacial score (nSPS) is 20.5. The molecule has 0 bridgehead atoms. The average Bonchev–Trinajstić information content (AvgIpc) is 3.02. The van der Waals surface area contributed by atoms with Crippen LogP contribution in [0.5, 0.6) is 17.2 Å². The fourth-order valence-corrected chi connectivity index (χ4v) is 5.74. The van der Waals surface area contributed by atoms with Crippen LogP contribution in [0.3, 0.4) is 0 Å². The number of methoxy groups -OCH3 is 1. The van der Waals surface area contributed by atoms with E-state index < -0.39 is 72.0 Å². The van der Waals surface area contributed by atoms with Crippen molar-refractivity contribution in [3.8, 4) is 28.4 Å². The molecular formula is C34H32F3NO11. The van der Waals surface area contributed by atoms with Crippen LogP contribution in [-0.4, -0.2) is 65.8 Å². The highest BCUT2D eigenvalue weighted by Crippen LogP contribution is 2.38. The number of fused-ring (bicyclic) bond motifs is 1. The molecule has 1 saturated heterocycles. The number of carbonyl (C=O) groups excluding carboxylic acids is 2. The summed E-state index contributed by atoms with van der Waals surface area (Å²) >= 11 is 0. The molecule has 3 aromatic carbocycles. The number of halogens is 3. The first-order chi connectivity index (χ1) is 23.0. The minimum absolute atomic E-state index is 0.0552. The Balaban J connectivity index is 1.38. The van der Waals surface area contributed by atoms with Crippen LogP contribution in [0.2, 0.25) is 0 Å². The van der Waals surface area contributed by atoms with Crippen LogP contribution in [-0.2, 0) is 20.6 Å². The van der Waals surface area contributed by atoms with Gasteiger partial charge >= 0.3 is 18.1 Å². The Bertz CT molecular complexity index is 1940. The molecule has 1 aromatic heterocycles. The number of carbonyl (C=O) groups is 2. The van der Waals surface area contributed by atoms with Crippen LogP contribution in [0, 0.1) is 6.92 Å². The summed E-state index contributed by atoms with van der Waals surface area (Å²) in [5.41, 5.74) is 4.19. The first-order valence-electron chi connectivity index (χ1n) is 14.8. The number of nitrogens with two attached hydrogens (primary N) is 1. The standard InChI is InChI=1S/C34H32F3NO11/c1-16-24(45-31-26(41)28(47-32(38)43)29(44-4)33(2,3)49-31)13-12-21-25(40)22(30(42)46-27(16)21)15-23(39)19-7-5-6-18(14-19)17-8-10-20(11-9-17)48-34(35,36)37/h5-14,26,28-29,31,40-41H,15H2,1-4H3,(H2,38,43)/t26-,28+,29-,31-/m1/s1. The molecule has 49 heavy (non-hydrogen) atoms. The van der Waals surface area contributed by atoms with Gasteiger partial charge in [0.05, 0.1) is 16.6 Å². The van der Waals surface area contributed by atoms with Gasteiger partial charge in [0, 0.05) is 24.7 Å². The molecule has 0 aliphatic carbocycles. The number of aliphatic hydroxyl groups is 1. The van der Waals surface area contributed by atoms with Gasteiger partial charge in [0.2, 0.25) is 6.29 Å². The summed E-state index contributed by atoms with van der Waals surface area (Å²) in [6.45, 7) is 4.81. The Labute approximate surface area is 276 Å². The van der Waals surface area contributed by atoms with E-state index >= 15 is 0 Å². The topological polar surface area (TPSA) is 177 Å². The second-order valence-corrected chi connectivity index (χ2v) is 11.8. The lowest BCUT2D eigenvalue weighted by atomic mass is 9.89. The van der Waals surface area contributed by atoms with Crippen molar-refractivity contribution in [1.82, 2.24) is 0 Å². The van der Waals surface area contributed by atoms with Crippen LogP contribution in [0.25, 0.3) is 22.1 Å². The molecule has 12 nitrogen and oxygen atoms in total. The number of hydrogen-bond donors (Lipinski definition) is 3. The SMILES string of the molecule is CO[C@@H]1[C@@H](OC(N)=O)[C@@H](O)[C@H](Oc2ccc3c(O)c(CC(=O)c4cccc(-c5ccc(OC(F)(F)F)cc5)c4)c(=O)oc3c2C)OC1(C)C. The van der Waals surface area contributed by atoms with E-state index in [-0.39, 0.29) is 33.4 Å². The second kappa shape index (κ2) is 13.4. The lowest BCUT2D eigenvalue weighted by molar-refractivity contribution is -0.304. The molecular weight excluding hydrogens is 655 g/mol. The Morgan fingerprint density at radius 1 is 1.04 bits per heavy atom. The van der Waals surface area contributed by atoms with E-state index in [0.717, 1.165) is 12.1 Å². The Morgan fingerprint density at radius 2 is 1.73 bits per heavy atom. The van der Waals surface area contributed by atoms with Crippen LogP contribution in [0.4, 0.5) is 18.0 Å². The number of benzene rings is 3. The van der Waals surface area contributed by atoms with Gasteiger partial charge in [-0.15, -0.1) is 13.2 Å². The summed E-state index contributed by atoms with van der Waals surface area (Å²) in [5.74, 6) is -1.32. The molecule has 15 heteroatoms. The van der Waals surface area contributed by atoms with Crippen LogP contribution in [0.15, 0.2) is 69.9 Å². The maximum absolute atomic E-state index is 13.3. The third-order valence-corrected chi connectivity index (χ3v) is 8.05. The fourth-order valence-electron chi connectivity index (χ4n) is 5.74. The number of aryl methyl sites for hydroxylation is 1. The number of Topliss-reactive ketones (excluding diaryl/α,β-unsaturated/α-hetero) is 1. The summed E-state index contributed by atoms with van der Waals surface area (Å²) < 4.78 is 69.3. The molecule has 1 fully saturated rings. The third-order valence-electron chi connectivity index (χ3n) is 8.05. The van der Waals surface area contributed by atoms with Crippen molar-refractivity contribution < 1.29 is 61.1 Å². The number of alkyl halides is 3. The lowest BCUT2D eigenvalue weighted by Gasteiger charge is -2.47. The van der Waals surface area contributed by atoms with Crippen molar-refractivity contribution in [2.45, 2.75) is 63.8 Å². The van der Waals surface area contributed by atoms with Crippen molar-refractivity contribution in [2.24, 2.45) is 5.73 Å². The summed E-state index contributed by atoms with van der Waals surface area (Å²) in [6, 6.07) is 14.2. The molecule has 4 atom stereocenters. The van der Waals surface area contributed by atoms with Gasteiger partial charge in [0.25, 0.3) is 0 Å². The molecule has 260 valence electrons. The van der Waals surface area contributed by atoms with E-state index in [1.807, 2.05) is 0 Å². The first-order valence-corrected chi connectivity index (χ1v) is 14.8. The molecule has 1 aliphatic heterocycles. The number of amides is 1. The molecule has 4 N–H and O–H groups in total. The number of aromatic hydroxyl groups is 1. The summed E-state index contributed by atoms with van der Waals surface area (Å²) in [5, 5.41) is 22.2. The van der Waals surface area contributed by atoms with E-state index in [0.29, 0.717) is 11.1 Å². The van der Waals surface area contributed by atoms with E-state index in [1.54, 1.807) is 26.0 Å². The second-order valence-electron chi connectivity index (χ2n) is 11.8. The van der Waals surface area contributed by atoms with Gasteiger partial charge in [-0.05, 0) is 62.2 Å². The monoisotopic (exact) mass is 687 g/mol. The van der Waals surface area contributed by atoms with Crippen molar-refractivity contribution in [2.75, 3.05) is 7.11 Å². The summed E-state index contributed by atoms with van der Waals surface area (Å²) in [4.78, 5) is 37.9. The first kappa shape index (κ1) is 35.2. The quantitative estimate of drug-likeness (QED) is 0.157. The van der Waals surface area contributed by atoms with Crippen molar-refractivity contribution in [3.05, 3.63) is 87.8 Å². The van der Waals surface area contributed by atoms with E-state index in [4.69, 9.17) is 29.1 Å². The number of ketones is 1. The zero-order valence-electron chi connectivity index (χ0n) is 26.6. The van der Waals surface area contributed by atoms with E-state index in [2.05, 4.69) is 4.74 Å². The van der Waals surface area contributed by atoms with E-state index in [9.17, 15) is 37.8 Å². The molecule has 1 amide bonds. The van der Waals surface area contributed by atoms with Gasteiger partial charge in [-0.25, -0.2) is 9.59 Å². The number of ether oxygens (including phenoxy) is 5. The van der Waals surface area contributed by atoms with Crippen molar-refractivity contribution in [3.63, 3.8) is 0 Å². The zero-order chi connectivity index (χ0) is 35.8. The molecule has 2 heterocycles. The Hall–Kier alpha value is -5.12. The maximum atomic E-state index is 13.3. The minimum Gasteiger partial charge on any atom is -0.507 e. The Kier molecular flexibility index (Phi) is 9.63. The number of aliphatic hydroxyl groups excluding tert-OH is 1. The molecule has 0 spiro atoms. The van der Waals surface area contributed by atoms with Crippen LogP contribution >= 0.6 is 0 Å². The van der Waals surface area contributed by atoms with Gasteiger partial charge in [-0.2, -0.15) is 0 Å². The predicted molar refractivity (Wildman–Crippen MR) is 166 cm³/mol. The molecule has 5 rings (SSSR count). The lowest BCUT2D eigenvalue weighted by Crippen LogP contribution is -2.65. The molecule has 4 aromatic rings. The largest absolute Gasteiger partial charge is 0.573 e. The minimum atomic E-state index is -4.84. The Morgan fingerprint density at radius 3 is 2.37 bits per heavy atom.